The fourth-order valence-corrected chi connectivity index (χ4v) is 2.74. The molecule has 1 N–H and O–H groups in total. The first-order chi connectivity index (χ1) is 11.7. The number of nitrogens with one attached hydrogen (secondary N) is 1. The second-order valence-electron chi connectivity index (χ2n) is 5.50. The van der Waals surface area contributed by atoms with Gasteiger partial charge in [0.05, 0.1) is 16.6 Å². The van der Waals surface area contributed by atoms with E-state index in [-0.39, 0.29) is 5.91 Å². The van der Waals surface area contributed by atoms with Crippen LogP contribution in [0.5, 0.6) is 0 Å². The molecule has 1 aliphatic rings. The first-order valence-electron chi connectivity index (χ1n) is 7.51. The molecule has 0 radical (unpaired) electrons. The number of fused-ring (bicyclic) bond motifs is 2. The number of aromatic nitrogens is 2. The molecule has 4 rings (SSSR count). The molecule has 3 aromatic rings. The van der Waals surface area contributed by atoms with Crippen LogP contribution in [0.3, 0.4) is 0 Å². The summed E-state index contributed by atoms with van der Waals surface area (Å²) in [6, 6.07) is 12.4. The lowest BCUT2D eigenvalue weighted by molar-refractivity contribution is -0.125. The van der Waals surface area contributed by atoms with Crippen LogP contribution < -0.4 is 5.32 Å². The summed E-state index contributed by atoms with van der Waals surface area (Å²) in [6.07, 6.45) is 2.72. The number of carbonyl (C=O) groups is 2. The van der Waals surface area contributed by atoms with Crippen molar-refractivity contribution in [2.24, 2.45) is 0 Å². The summed E-state index contributed by atoms with van der Waals surface area (Å²) < 4.78 is 5.26. The van der Waals surface area contributed by atoms with Crippen molar-refractivity contribution in [3.05, 3.63) is 66.0 Å². The van der Waals surface area contributed by atoms with Crippen molar-refractivity contribution in [2.75, 3.05) is 5.32 Å². The fraction of sp³-hybridized carbons (Fsp3) is 0.111. The molecule has 2 aromatic carbocycles. The van der Waals surface area contributed by atoms with E-state index in [4.69, 9.17) is 4.74 Å². The van der Waals surface area contributed by atoms with Crippen molar-refractivity contribution in [1.82, 2.24) is 9.97 Å². The SMILES string of the molecule is O=C1OC(C(=O)Nc2ccc3nccnc3c2)Cc2ccccc21. The molecular weight excluding hydrogens is 306 g/mol. The standard InChI is InChI=1S/C18H13N3O3/c22-17(16-9-11-3-1-2-4-13(11)18(23)24-16)21-12-5-6-14-15(10-12)20-8-7-19-14/h1-8,10,16H,9H2,(H,21,22). The number of esters is 1. The molecule has 2 heterocycles. The van der Waals surface area contributed by atoms with Gasteiger partial charge >= 0.3 is 5.97 Å². The zero-order valence-corrected chi connectivity index (χ0v) is 12.6. The number of hydrogen-bond acceptors (Lipinski definition) is 5. The Morgan fingerprint density at radius 2 is 1.88 bits per heavy atom. The molecule has 0 spiro atoms. The van der Waals surface area contributed by atoms with Gasteiger partial charge in [-0.3, -0.25) is 14.8 Å². The van der Waals surface area contributed by atoms with E-state index >= 15 is 0 Å². The van der Waals surface area contributed by atoms with E-state index < -0.39 is 12.1 Å². The molecule has 0 fully saturated rings. The number of hydrogen-bond donors (Lipinski definition) is 1. The maximum Gasteiger partial charge on any atom is 0.339 e. The van der Waals surface area contributed by atoms with Crippen LogP contribution in [0.15, 0.2) is 54.9 Å². The molecule has 1 aromatic heterocycles. The molecule has 0 aliphatic carbocycles. The molecule has 1 amide bonds. The van der Waals surface area contributed by atoms with Crippen LogP contribution in [0.1, 0.15) is 15.9 Å². The minimum absolute atomic E-state index is 0.360. The summed E-state index contributed by atoms with van der Waals surface area (Å²) in [5.74, 6) is -0.831. The van der Waals surface area contributed by atoms with E-state index in [9.17, 15) is 9.59 Å². The van der Waals surface area contributed by atoms with Gasteiger partial charge in [-0.15, -0.1) is 0 Å². The quantitative estimate of drug-likeness (QED) is 0.733. The summed E-state index contributed by atoms with van der Waals surface area (Å²) in [5.41, 5.74) is 3.35. The number of rotatable bonds is 2. The minimum atomic E-state index is -0.843. The Morgan fingerprint density at radius 3 is 2.75 bits per heavy atom. The third-order valence-electron chi connectivity index (χ3n) is 3.92. The fourth-order valence-electron chi connectivity index (χ4n) is 2.74. The number of nitrogens with zero attached hydrogens (tertiary/aromatic N) is 2. The number of cyclic esters (lactones) is 1. The van der Waals surface area contributed by atoms with Gasteiger partial charge in [0.15, 0.2) is 6.10 Å². The summed E-state index contributed by atoms with van der Waals surface area (Å²) in [4.78, 5) is 32.8. The van der Waals surface area contributed by atoms with Gasteiger partial charge in [0.2, 0.25) is 0 Å². The topological polar surface area (TPSA) is 81.2 Å². The molecule has 1 atom stereocenters. The van der Waals surface area contributed by atoms with Gasteiger partial charge in [-0.05, 0) is 29.8 Å². The van der Waals surface area contributed by atoms with Crippen LogP contribution in [-0.2, 0) is 16.0 Å². The van der Waals surface area contributed by atoms with Crippen molar-refractivity contribution in [3.8, 4) is 0 Å². The van der Waals surface area contributed by atoms with Gasteiger partial charge in [0.25, 0.3) is 5.91 Å². The molecule has 1 unspecified atom stereocenters. The van der Waals surface area contributed by atoms with E-state index in [2.05, 4.69) is 15.3 Å². The van der Waals surface area contributed by atoms with Gasteiger partial charge in [0.1, 0.15) is 0 Å². The van der Waals surface area contributed by atoms with E-state index in [1.165, 1.54) is 0 Å². The Kier molecular flexibility index (Phi) is 3.42. The Bertz CT molecular complexity index is 955. The number of carbonyl (C=O) groups excluding carboxylic acids is 2. The van der Waals surface area contributed by atoms with Gasteiger partial charge < -0.3 is 10.1 Å². The smallest absolute Gasteiger partial charge is 0.339 e. The lowest BCUT2D eigenvalue weighted by Crippen LogP contribution is -2.37. The van der Waals surface area contributed by atoms with Crippen LogP contribution in [0, 0.1) is 0 Å². The molecule has 6 nitrogen and oxygen atoms in total. The monoisotopic (exact) mass is 319 g/mol. The zero-order chi connectivity index (χ0) is 16.5. The molecule has 0 saturated heterocycles. The summed E-state index contributed by atoms with van der Waals surface area (Å²) in [7, 11) is 0. The molecule has 6 heteroatoms. The van der Waals surface area contributed by atoms with Crippen LogP contribution in [0.4, 0.5) is 5.69 Å². The van der Waals surface area contributed by atoms with Gasteiger partial charge in [0, 0.05) is 24.5 Å². The maximum atomic E-state index is 12.4. The lowest BCUT2D eigenvalue weighted by Gasteiger charge is -2.23. The Hall–Kier alpha value is -3.28. The normalized spacial score (nSPS) is 16.3. The number of anilines is 1. The summed E-state index contributed by atoms with van der Waals surface area (Å²) in [6.45, 7) is 0. The third-order valence-corrected chi connectivity index (χ3v) is 3.92. The summed E-state index contributed by atoms with van der Waals surface area (Å²) >= 11 is 0. The average Bonchev–Trinajstić information content (AvgIpc) is 2.61. The van der Waals surface area contributed by atoms with Crippen molar-refractivity contribution >= 4 is 28.6 Å². The Balaban J connectivity index is 1.55. The average molecular weight is 319 g/mol. The lowest BCUT2D eigenvalue weighted by atomic mass is 9.98. The highest BCUT2D eigenvalue weighted by molar-refractivity contribution is 6.00. The van der Waals surface area contributed by atoms with E-state index in [0.29, 0.717) is 23.2 Å². The van der Waals surface area contributed by atoms with Crippen LogP contribution in [0.25, 0.3) is 11.0 Å². The number of benzene rings is 2. The zero-order valence-electron chi connectivity index (χ0n) is 12.6. The molecule has 0 bridgehead atoms. The highest BCUT2D eigenvalue weighted by Gasteiger charge is 2.31. The largest absolute Gasteiger partial charge is 0.448 e. The second-order valence-corrected chi connectivity index (χ2v) is 5.50. The van der Waals surface area contributed by atoms with Gasteiger partial charge in [-0.1, -0.05) is 18.2 Å². The minimum Gasteiger partial charge on any atom is -0.448 e. The van der Waals surface area contributed by atoms with Crippen molar-refractivity contribution < 1.29 is 14.3 Å². The van der Waals surface area contributed by atoms with Crippen LogP contribution in [-0.4, -0.2) is 27.9 Å². The highest BCUT2D eigenvalue weighted by atomic mass is 16.5. The predicted octanol–water partition coefficient (Wildman–Crippen LogP) is 2.35. The molecular formula is C18H13N3O3. The Morgan fingerprint density at radius 1 is 1.08 bits per heavy atom. The highest BCUT2D eigenvalue weighted by Crippen LogP contribution is 2.22. The van der Waals surface area contributed by atoms with Crippen molar-refractivity contribution in [2.45, 2.75) is 12.5 Å². The van der Waals surface area contributed by atoms with Crippen molar-refractivity contribution in [1.29, 1.82) is 0 Å². The predicted molar refractivity (Wildman–Crippen MR) is 87.5 cm³/mol. The van der Waals surface area contributed by atoms with Crippen LogP contribution in [0.2, 0.25) is 0 Å². The summed E-state index contributed by atoms with van der Waals surface area (Å²) in [5, 5.41) is 2.77. The first-order valence-corrected chi connectivity index (χ1v) is 7.51. The van der Waals surface area contributed by atoms with E-state index in [1.54, 1.807) is 42.7 Å². The molecule has 24 heavy (non-hydrogen) atoms. The van der Waals surface area contributed by atoms with Gasteiger partial charge in [-0.25, -0.2) is 4.79 Å². The third kappa shape index (κ3) is 2.58. The van der Waals surface area contributed by atoms with E-state index in [1.807, 2.05) is 12.1 Å². The van der Waals surface area contributed by atoms with Crippen LogP contribution >= 0.6 is 0 Å². The number of amides is 1. The molecule has 118 valence electrons. The first kappa shape index (κ1) is 14.3. The van der Waals surface area contributed by atoms with Gasteiger partial charge in [-0.2, -0.15) is 0 Å². The number of ether oxygens (including phenoxy) is 1. The molecule has 1 aliphatic heterocycles. The maximum absolute atomic E-state index is 12.4. The van der Waals surface area contributed by atoms with E-state index in [0.717, 1.165) is 11.1 Å². The molecule has 0 saturated carbocycles. The second kappa shape index (κ2) is 5.73. The Labute approximate surface area is 137 Å². The van der Waals surface area contributed by atoms with Crippen molar-refractivity contribution in [3.63, 3.8) is 0 Å².